The van der Waals surface area contributed by atoms with Gasteiger partial charge in [-0.1, -0.05) is 83.5 Å². The summed E-state index contributed by atoms with van der Waals surface area (Å²) in [5, 5.41) is 13.9. The first-order chi connectivity index (χ1) is 18.2. The molecular weight excluding hydrogens is 524 g/mol. The van der Waals surface area contributed by atoms with E-state index in [1.807, 2.05) is 66.7 Å². The predicted molar refractivity (Wildman–Crippen MR) is 144 cm³/mol. The van der Waals surface area contributed by atoms with Crippen molar-refractivity contribution in [2.24, 2.45) is 0 Å². The van der Waals surface area contributed by atoms with E-state index in [2.05, 4.69) is 9.88 Å². The third kappa shape index (κ3) is 4.53. The minimum absolute atomic E-state index is 0.271. The van der Waals surface area contributed by atoms with E-state index in [1.54, 1.807) is 6.07 Å². The Kier molecular flexibility index (Phi) is 5.94. The van der Waals surface area contributed by atoms with E-state index < -0.39 is 26.9 Å². The molecule has 0 aliphatic heterocycles. The minimum Gasteiger partial charge on any atom is -0.481 e. The lowest BCUT2D eigenvalue weighted by molar-refractivity contribution is -0.140. The summed E-state index contributed by atoms with van der Waals surface area (Å²) in [6.07, 6.45) is 4.15. The Labute approximate surface area is 225 Å². The summed E-state index contributed by atoms with van der Waals surface area (Å²) in [4.78, 5) is 11.6. The van der Waals surface area contributed by atoms with E-state index in [0.717, 1.165) is 22.3 Å². The van der Waals surface area contributed by atoms with Gasteiger partial charge < -0.3 is 9.63 Å². The van der Waals surface area contributed by atoms with Gasteiger partial charge in [0.25, 0.3) is 0 Å². The van der Waals surface area contributed by atoms with Gasteiger partial charge in [-0.3, -0.25) is 4.79 Å². The molecule has 2 aliphatic carbocycles. The van der Waals surface area contributed by atoms with Crippen molar-refractivity contribution < 1.29 is 22.8 Å². The minimum atomic E-state index is -3.71. The Hall–Kier alpha value is -3.46. The van der Waals surface area contributed by atoms with Crippen LogP contribution in [0.1, 0.15) is 42.4 Å². The fourth-order valence-corrected chi connectivity index (χ4v) is 7.00. The second kappa shape index (κ2) is 9.08. The van der Waals surface area contributed by atoms with Crippen molar-refractivity contribution in [1.82, 2.24) is 9.88 Å². The summed E-state index contributed by atoms with van der Waals surface area (Å²) in [6.45, 7) is 0. The normalized spacial score (nSPS) is 17.2. The van der Waals surface area contributed by atoms with Crippen LogP contribution < -0.4 is 4.72 Å². The number of aromatic nitrogens is 1. The maximum atomic E-state index is 13.1. The zero-order valence-corrected chi connectivity index (χ0v) is 21.9. The highest BCUT2D eigenvalue weighted by Gasteiger charge is 2.51. The zero-order chi connectivity index (χ0) is 26.5. The number of benzene rings is 3. The molecule has 0 radical (unpaired) electrons. The fourth-order valence-electron chi connectivity index (χ4n) is 5.09. The molecule has 0 atom stereocenters. The Morgan fingerprint density at radius 3 is 2.11 bits per heavy atom. The van der Waals surface area contributed by atoms with Crippen LogP contribution in [0.5, 0.6) is 0 Å². The molecular formula is C29H25ClN2O5S. The predicted octanol–water partition coefficient (Wildman–Crippen LogP) is 5.89. The Morgan fingerprint density at radius 1 is 0.921 bits per heavy atom. The van der Waals surface area contributed by atoms with Crippen LogP contribution in [0.15, 0.2) is 83.5 Å². The number of halogens is 1. The zero-order valence-electron chi connectivity index (χ0n) is 20.4. The maximum absolute atomic E-state index is 13.1. The molecule has 1 heterocycles. The van der Waals surface area contributed by atoms with Crippen LogP contribution in [0, 0.1) is 0 Å². The van der Waals surface area contributed by atoms with Gasteiger partial charge in [-0.05, 0) is 54.0 Å². The van der Waals surface area contributed by atoms with E-state index >= 15 is 0 Å². The van der Waals surface area contributed by atoms with Crippen LogP contribution in [0.4, 0.5) is 0 Å². The number of hydrogen-bond donors (Lipinski definition) is 2. The van der Waals surface area contributed by atoms with Gasteiger partial charge in [0.1, 0.15) is 0 Å². The number of carboxylic acids is 1. The number of carbonyl (C=O) groups is 1. The van der Waals surface area contributed by atoms with Crippen LogP contribution in [0.3, 0.4) is 0 Å². The molecule has 0 spiro atoms. The number of hydrogen-bond acceptors (Lipinski definition) is 5. The number of nitrogens with one attached hydrogen (secondary N) is 1. The summed E-state index contributed by atoms with van der Waals surface area (Å²) >= 11 is 6.34. The largest absolute Gasteiger partial charge is 0.481 e. The molecule has 4 aromatic rings. The van der Waals surface area contributed by atoms with Crippen LogP contribution in [0.25, 0.3) is 22.5 Å². The van der Waals surface area contributed by atoms with Crippen LogP contribution in [-0.2, 0) is 31.5 Å². The van der Waals surface area contributed by atoms with E-state index in [1.165, 1.54) is 6.20 Å². The molecule has 2 N–H and O–H groups in total. The van der Waals surface area contributed by atoms with E-state index in [9.17, 15) is 18.3 Å². The number of sulfonamides is 1. The first kappa shape index (κ1) is 24.9. The standard InChI is InChI=1S/C29H25ClN2O5S/c30-25-4-2-1-3-24(25)29(15-16-29)32-38(35,36)18-22-17-31-37-26(22)21-7-5-19(6-8-21)20-9-11-23(12-10-20)28(13-14-28)27(33)34/h1-12,17,32H,13-16,18H2,(H,33,34). The SMILES string of the molecule is O=C(O)C1(c2ccc(-c3ccc(-c4oncc4CS(=O)(=O)NC4(c5ccccc5Cl)CC4)cc3)cc2)CC1. The van der Waals surface area contributed by atoms with Crippen molar-refractivity contribution in [2.75, 3.05) is 0 Å². The second-order valence-electron chi connectivity index (χ2n) is 10.1. The van der Waals surface area contributed by atoms with Crippen molar-refractivity contribution in [2.45, 2.75) is 42.4 Å². The van der Waals surface area contributed by atoms with Gasteiger partial charge in [-0.25, -0.2) is 13.1 Å². The summed E-state index contributed by atoms with van der Waals surface area (Å²) in [5.41, 5.74) is 3.30. The van der Waals surface area contributed by atoms with E-state index in [0.29, 0.717) is 47.6 Å². The van der Waals surface area contributed by atoms with Crippen molar-refractivity contribution in [3.63, 3.8) is 0 Å². The fraction of sp³-hybridized carbons (Fsp3) is 0.241. The molecule has 0 unspecified atom stereocenters. The van der Waals surface area contributed by atoms with Crippen LogP contribution in [-0.4, -0.2) is 24.7 Å². The molecule has 194 valence electrons. The molecule has 38 heavy (non-hydrogen) atoms. The van der Waals surface area contributed by atoms with Gasteiger partial charge in [-0.2, -0.15) is 0 Å². The average molecular weight is 549 g/mol. The van der Waals surface area contributed by atoms with Crippen molar-refractivity contribution in [3.05, 3.63) is 101 Å². The molecule has 6 rings (SSSR count). The van der Waals surface area contributed by atoms with Crippen molar-refractivity contribution >= 4 is 27.6 Å². The smallest absolute Gasteiger partial charge is 0.314 e. The highest BCUT2D eigenvalue weighted by Crippen LogP contribution is 2.49. The highest BCUT2D eigenvalue weighted by molar-refractivity contribution is 7.88. The van der Waals surface area contributed by atoms with Gasteiger partial charge >= 0.3 is 5.97 Å². The molecule has 0 saturated heterocycles. The van der Waals surface area contributed by atoms with Gasteiger partial charge in [0.05, 0.1) is 22.9 Å². The molecule has 9 heteroatoms. The maximum Gasteiger partial charge on any atom is 0.314 e. The second-order valence-corrected chi connectivity index (χ2v) is 12.3. The summed E-state index contributed by atoms with van der Waals surface area (Å²) in [7, 11) is -3.71. The molecule has 0 amide bonds. The third-order valence-electron chi connectivity index (χ3n) is 7.56. The van der Waals surface area contributed by atoms with E-state index in [-0.39, 0.29) is 5.75 Å². The molecule has 2 aliphatic rings. The van der Waals surface area contributed by atoms with Gasteiger partial charge in [0.15, 0.2) is 5.76 Å². The summed E-state index contributed by atoms with van der Waals surface area (Å²) < 4.78 is 34.6. The monoisotopic (exact) mass is 548 g/mol. The number of aliphatic carboxylic acids is 1. The highest BCUT2D eigenvalue weighted by atomic mass is 35.5. The average Bonchev–Trinajstić information content (AvgIpc) is 3.82. The topological polar surface area (TPSA) is 110 Å². The molecule has 2 saturated carbocycles. The first-order valence-electron chi connectivity index (χ1n) is 12.4. The van der Waals surface area contributed by atoms with Gasteiger partial charge in [0.2, 0.25) is 10.0 Å². The van der Waals surface area contributed by atoms with E-state index in [4.69, 9.17) is 16.1 Å². The molecule has 7 nitrogen and oxygen atoms in total. The molecule has 2 fully saturated rings. The molecule has 3 aromatic carbocycles. The Morgan fingerprint density at radius 2 is 1.53 bits per heavy atom. The summed E-state index contributed by atoms with van der Waals surface area (Å²) in [6, 6.07) is 22.5. The first-order valence-corrected chi connectivity index (χ1v) is 14.4. The molecule has 1 aromatic heterocycles. The van der Waals surface area contributed by atoms with Crippen molar-refractivity contribution in [1.29, 1.82) is 0 Å². The number of carboxylic acid groups (broad SMARTS) is 1. The third-order valence-corrected chi connectivity index (χ3v) is 9.28. The number of rotatable bonds is 9. The lowest BCUT2D eigenvalue weighted by Gasteiger charge is -2.19. The summed E-state index contributed by atoms with van der Waals surface area (Å²) in [5.74, 6) is -0.644. The van der Waals surface area contributed by atoms with Gasteiger partial charge in [-0.15, -0.1) is 0 Å². The van der Waals surface area contributed by atoms with Crippen LogP contribution >= 0.6 is 11.6 Å². The molecule has 0 bridgehead atoms. The lowest BCUT2D eigenvalue weighted by Crippen LogP contribution is -2.35. The lowest BCUT2D eigenvalue weighted by atomic mass is 9.93. The Balaban J connectivity index is 1.19. The van der Waals surface area contributed by atoms with Crippen molar-refractivity contribution in [3.8, 4) is 22.5 Å². The van der Waals surface area contributed by atoms with Crippen LogP contribution in [0.2, 0.25) is 5.02 Å². The Bertz CT molecular complexity index is 1620. The number of nitrogens with zero attached hydrogens (tertiary/aromatic N) is 1. The quantitative estimate of drug-likeness (QED) is 0.270. The van der Waals surface area contributed by atoms with Gasteiger partial charge in [0, 0.05) is 16.1 Å².